The molecule has 0 aliphatic carbocycles. The zero-order valence-electron chi connectivity index (χ0n) is 15.1. The lowest BCUT2D eigenvalue weighted by atomic mass is 9.94. The van der Waals surface area contributed by atoms with Crippen LogP contribution in [0.1, 0.15) is 24.9 Å². The highest BCUT2D eigenvalue weighted by Crippen LogP contribution is 2.37. The number of benzene rings is 1. The van der Waals surface area contributed by atoms with E-state index in [-0.39, 0.29) is 17.9 Å². The maximum Gasteiger partial charge on any atom is 0.223 e. The fourth-order valence-electron chi connectivity index (χ4n) is 3.95. The summed E-state index contributed by atoms with van der Waals surface area (Å²) < 4.78 is 2.06. The van der Waals surface area contributed by atoms with Crippen LogP contribution in [-0.4, -0.2) is 38.4 Å². The molecule has 0 saturated carbocycles. The van der Waals surface area contributed by atoms with Crippen molar-refractivity contribution >= 4 is 22.9 Å². The Labute approximate surface area is 152 Å². The van der Waals surface area contributed by atoms with E-state index >= 15 is 0 Å². The molecule has 1 aliphatic rings. The molecule has 1 saturated heterocycles. The summed E-state index contributed by atoms with van der Waals surface area (Å²) >= 11 is 0. The Kier molecular flexibility index (Phi) is 4.32. The van der Waals surface area contributed by atoms with Crippen molar-refractivity contribution in [3.05, 3.63) is 54.4 Å². The van der Waals surface area contributed by atoms with Crippen LogP contribution in [0.2, 0.25) is 0 Å². The monoisotopic (exact) mass is 349 g/mol. The number of aromatic nitrogens is 3. The number of para-hydroxylation sites is 2. The summed E-state index contributed by atoms with van der Waals surface area (Å²) in [7, 11) is 2.01. The first-order valence-corrected chi connectivity index (χ1v) is 9.03. The highest BCUT2D eigenvalue weighted by Gasteiger charge is 2.39. The molecule has 2 aromatic heterocycles. The largest absolute Gasteiger partial charge is 0.355 e. The van der Waals surface area contributed by atoms with E-state index in [9.17, 15) is 4.79 Å². The average Bonchev–Trinajstić information content (AvgIpc) is 3.17. The van der Waals surface area contributed by atoms with Crippen LogP contribution >= 0.6 is 0 Å². The van der Waals surface area contributed by atoms with Gasteiger partial charge in [0.15, 0.2) is 0 Å². The lowest BCUT2D eigenvalue weighted by molar-refractivity contribution is -0.128. The van der Waals surface area contributed by atoms with Crippen molar-refractivity contribution in [2.75, 3.05) is 18.4 Å². The molecule has 0 bridgehead atoms. The molecule has 1 amide bonds. The molecule has 1 aliphatic heterocycles. The van der Waals surface area contributed by atoms with Gasteiger partial charge >= 0.3 is 0 Å². The number of aryl methyl sites for hydroxylation is 1. The number of nitrogens with zero attached hydrogens (tertiary/aromatic N) is 4. The second-order valence-corrected chi connectivity index (χ2v) is 6.74. The Morgan fingerprint density at radius 2 is 2.08 bits per heavy atom. The van der Waals surface area contributed by atoms with E-state index in [0.717, 1.165) is 22.5 Å². The highest BCUT2D eigenvalue weighted by atomic mass is 16.2. The van der Waals surface area contributed by atoms with Gasteiger partial charge in [-0.05, 0) is 30.7 Å². The Bertz CT molecular complexity index is 920. The third kappa shape index (κ3) is 2.81. The number of anilines is 1. The van der Waals surface area contributed by atoms with Crippen LogP contribution in [0.5, 0.6) is 0 Å². The van der Waals surface area contributed by atoms with Crippen LogP contribution in [0.4, 0.5) is 5.95 Å². The average molecular weight is 349 g/mol. The van der Waals surface area contributed by atoms with Gasteiger partial charge in [0.25, 0.3) is 0 Å². The van der Waals surface area contributed by atoms with E-state index < -0.39 is 0 Å². The van der Waals surface area contributed by atoms with Gasteiger partial charge in [-0.3, -0.25) is 9.78 Å². The zero-order valence-corrected chi connectivity index (χ0v) is 15.1. The van der Waals surface area contributed by atoms with Crippen molar-refractivity contribution in [3.8, 4) is 0 Å². The van der Waals surface area contributed by atoms with Crippen LogP contribution in [0.25, 0.3) is 11.0 Å². The van der Waals surface area contributed by atoms with Gasteiger partial charge in [0.1, 0.15) is 0 Å². The summed E-state index contributed by atoms with van der Waals surface area (Å²) in [6.45, 7) is 3.43. The quantitative estimate of drug-likeness (QED) is 0.769. The molecule has 26 heavy (non-hydrogen) atoms. The Balaban J connectivity index is 1.57. The minimum atomic E-state index is 0.0587. The van der Waals surface area contributed by atoms with E-state index in [1.807, 2.05) is 49.3 Å². The highest BCUT2D eigenvalue weighted by molar-refractivity contribution is 5.80. The molecule has 4 rings (SSSR count). The van der Waals surface area contributed by atoms with E-state index in [1.54, 1.807) is 6.20 Å². The molecule has 2 atom stereocenters. The first-order chi connectivity index (χ1) is 12.7. The molecule has 0 unspecified atom stereocenters. The number of hydrogen-bond acceptors (Lipinski definition) is 4. The molecule has 6 nitrogen and oxygen atoms in total. The third-order valence-electron chi connectivity index (χ3n) is 5.22. The number of carbonyl (C=O) groups excluding carboxylic acids is 1. The van der Waals surface area contributed by atoms with E-state index in [1.165, 1.54) is 0 Å². The van der Waals surface area contributed by atoms with Crippen LogP contribution < -0.4 is 5.32 Å². The zero-order chi connectivity index (χ0) is 18.1. The van der Waals surface area contributed by atoms with Gasteiger partial charge in [-0.25, -0.2) is 4.98 Å². The molecule has 1 fully saturated rings. The molecule has 134 valence electrons. The number of fused-ring (bicyclic) bond motifs is 1. The topological polar surface area (TPSA) is 63.1 Å². The fourth-order valence-corrected chi connectivity index (χ4v) is 3.95. The minimum absolute atomic E-state index is 0.0587. The summed E-state index contributed by atoms with van der Waals surface area (Å²) in [4.78, 5) is 23.3. The van der Waals surface area contributed by atoms with E-state index in [4.69, 9.17) is 0 Å². The number of carbonyl (C=O) groups is 1. The lowest BCUT2D eigenvalue weighted by Gasteiger charge is -2.27. The molecule has 0 spiro atoms. The van der Waals surface area contributed by atoms with Crippen LogP contribution in [0.3, 0.4) is 0 Å². The van der Waals surface area contributed by atoms with Gasteiger partial charge in [-0.1, -0.05) is 18.2 Å². The smallest absolute Gasteiger partial charge is 0.223 e. The molecular formula is C20H23N5O. The van der Waals surface area contributed by atoms with Crippen molar-refractivity contribution in [1.29, 1.82) is 0 Å². The van der Waals surface area contributed by atoms with E-state index in [0.29, 0.717) is 19.5 Å². The van der Waals surface area contributed by atoms with Gasteiger partial charge < -0.3 is 14.8 Å². The fraction of sp³-hybridized carbons (Fsp3) is 0.350. The van der Waals surface area contributed by atoms with Gasteiger partial charge in [0, 0.05) is 44.9 Å². The van der Waals surface area contributed by atoms with Crippen LogP contribution in [0.15, 0.2) is 48.8 Å². The maximum atomic E-state index is 12.5. The number of nitrogens with one attached hydrogen (secondary N) is 1. The van der Waals surface area contributed by atoms with Crippen molar-refractivity contribution in [2.45, 2.75) is 19.4 Å². The predicted octanol–water partition coefficient (Wildman–Crippen LogP) is 2.99. The summed E-state index contributed by atoms with van der Waals surface area (Å²) in [5.74, 6) is 1.23. The van der Waals surface area contributed by atoms with Gasteiger partial charge in [-0.2, -0.15) is 0 Å². The first kappa shape index (κ1) is 16.6. The summed E-state index contributed by atoms with van der Waals surface area (Å²) in [5.41, 5.74) is 3.16. The molecule has 6 heteroatoms. The molecule has 1 N–H and O–H groups in total. The van der Waals surface area contributed by atoms with E-state index in [2.05, 4.69) is 32.0 Å². The Morgan fingerprint density at radius 3 is 2.81 bits per heavy atom. The normalized spacial score (nSPS) is 20.1. The lowest BCUT2D eigenvalue weighted by Crippen LogP contribution is -2.30. The maximum absolute atomic E-state index is 12.5. The SMILES string of the molecule is CCN1C(=O)C[C@@H](CNc2nc3ccccc3n2C)[C@@H]1c1cccnc1. The van der Waals surface area contributed by atoms with Crippen molar-refractivity contribution in [1.82, 2.24) is 19.4 Å². The summed E-state index contributed by atoms with van der Waals surface area (Å²) in [6.07, 6.45) is 4.18. The number of rotatable bonds is 5. The molecule has 1 aromatic carbocycles. The van der Waals surface area contributed by atoms with Gasteiger partial charge in [0.2, 0.25) is 11.9 Å². The second-order valence-electron chi connectivity index (χ2n) is 6.74. The van der Waals surface area contributed by atoms with Crippen LogP contribution in [-0.2, 0) is 11.8 Å². The first-order valence-electron chi connectivity index (χ1n) is 9.03. The molecule has 0 radical (unpaired) electrons. The Hall–Kier alpha value is -2.89. The van der Waals surface area contributed by atoms with Crippen molar-refractivity contribution in [3.63, 3.8) is 0 Å². The van der Waals surface area contributed by atoms with Gasteiger partial charge in [-0.15, -0.1) is 0 Å². The van der Waals surface area contributed by atoms with Crippen molar-refractivity contribution in [2.24, 2.45) is 13.0 Å². The third-order valence-corrected chi connectivity index (χ3v) is 5.22. The number of likely N-dealkylation sites (tertiary alicyclic amines) is 1. The van der Waals surface area contributed by atoms with Crippen LogP contribution in [0, 0.1) is 5.92 Å². The summed E-state index contributed by atoms with van der Waals surface area (Å²) in [6, 6.07) is 12.1. The molecular weight excluding hydrogens is 326 g/mol. The standard InChI is InChI=1S/C20H23N5O/c1-3-25-18(26)11-15(19(25)14-7-6-10-21-12-14)13-22-20-23-16-8-4-5-9-17(16)24(20)2/h4-10,12,15,19H,3,11,13H2,1-2H3,(H,22,23)/t15-,19-/m0/s1. The summed E-state index contributed by atoms with van der Waals surface area (Å²) in [5, 5.41) is 3.46. The van der Waals surface area contributed by atoms with Gasteiger partial charge in [0.05, 0.1) is 17.1 Å². The Morgan fingerprint density at radius 1 is 1.23 bits per heavy atom. The number of imidazole rings is 1. The van der Waals surface area contributed by atoms with Crippen molar-refractivity contribution < 1.29 is 4.79 Å². The molecule has 3 heterocycles. The second kappa shape index (κ2) is 6.78. The molecule has 3 aromatic rings. The minimum Gasteiger partial charge on any atom is -0.355 e. The predicted molar refractivity (Wildman–Crippen MR) is 102 cm³/mol. The number of pyridine rings is 1. The number of hydrogen-bond donors (Lipinski definition) is 1. The number of amides is 1.